The van der Waals surface area contributed by atoms with Gasteiger partial charge < -0.3 is 9.47 Å². The zero-order valence-corrected chi connectivity index (χ0v) is 24.1. The van der Waals surface area contributed by atoms with Crippen LogP contribution in [0.15, 0.2) is 77.4 Å². The van der Waals surface area contributed by atoms with Crippen LogP contribution in [-0.2, 0) is 11.3 Å². The number of benzene rings is 1. The molecule has 1 heterocycles. The molecule has 0 spiro atoms. The van der Waals surface area contributed by atoms with Crippen molar-refractivity contribution in [3.63, 3.8) is 0 Å². The molecule has 3 aliphatic rings. The zero-order chi connectivity index (χ0) is 27.1. The van der Waals surface area contributed by atoms with E-state index in [0.29, 0.717) is 24.4 Å². The van der Waals surface area contributed by atoms with Crippen molar-refractivity contribution in [2.75, 3.05) is 33.9 Å². The maximum Gasteiger partial charge on any atom is 0.119 e. The number of allylic oxidation sites excluding steroid dienone is 5. The van der Waals surface area contributed by atoms with Gasteiger partial charge in [-0.1, -0.05) is 74.1 Å². The molecule has 0 amide bonds. The number of aliphatic imine (C=N–C) groups is 1. The Morgan fingerprint density at radius 2 is 1.87 bits per heavy atom. The zero-order valence-electron chi connectivity index (χ0n) is 24.1. The highest BCUT2D eigenvalue weighted by Gasteiger charge is 2.30. The van der Waals surface area contributed by atoms with Gasteiger partial charge in [-0.25, -0.2) is 0 Å². The molecule has 0 radical (unpaired) electrons. The molecule has 4 rings (SSSR count). The van der Waals surface area contributed by atoms with Crippen LogP contribution >= 0.6 is 0 Å². The van der Waals surface area contributed by atoms with Crippen LogP contribution in [0, 0.1) is 23.7 Å². The Labute approximate surface area is 231 Å². The molecule has 206 valence electrons. The maximum atomic E-state index is 6.21. The van der Waals surface area contributed by atoms with E-state index in [4.69, 9.17) is 9.47 Å². The number of hydrogen-bond acceptors (Lipinski definition) is 4. The maximum absolute atomic E-state index is 6.21. The van der Waals surface area contributed by atoms with Crippen LogP contribution in [0.5, 0.6) is 5.75 Å². The molecule has 1 aromatic rings. The molecule has 1 aliphatic heterocycles. The fourth-order valence-corrected chi connectivity index (χ4v) is 6.33. The lowest BCUT2D eigenvalue weighted by atomic mass is 9.75. The number of nitrogens with zero attached hydrogens (tertiary/aromatic N) is 2. The molecule has 0 N–H and O–H groups in total. The van der Waals surface area contributed by atoms with Crippen molar-refractivity contribution < 1.29 is 9.47 Å². The third-order valence-electron chi connectivity index (χ3n) is 8.84. The molecule has 1 saturated heterocycles. The highest BCUT2D eigenvalue weighted by Crippen LogP contribution is 2.36. The Kier molecular flexibility index (Phi) is 10.2. The van der Waals surface area contributed by atoms with E-state index in [1.54, 1.807) is 7.11 Å². The van der Waals surface area contributed by atoms with E-state index in [0.717, 1.165) is 56.8 Å². The summed E-state index contributed by atoms with van der Waals surface area (Å²) in [6, 6.07) is 8.75. The highest BCUT2D eigenvalue weighted by molar-refractivity contribution is 5.90. The second-order valence-electron chi connectivity index (χ2n) is 11.6. The third-order valence-corrected chi connectivity index (χ3v) is 8.84. The van der Waals surface area contributed by atoms with Crippen molar-refractivity contribution in [2.45, 2.75) is 65.0 Å². The molecule has 4 nitrogen and oxygen atoms in total. The first-order valence-corrected chi connectivity index (χ1v) is 14.6. The predicted molar refractivity (Wildman–Crippen MR) is 160 cm³/mol. The summed E-state index contributed by atoms with van der Waals surface area (Å²) in [6.45, 7) is 17.1. The minimum Gasteiger partial charge on any atom is -0.490 e. The Balaban J connectivity index is 1.26. The van der Waals surface area contributed by atoms with Gasteiger partial charge in [0.05, 0.1) is 6.61 Å². The minimum absolute atomic E-state index is 0.255. The smallest absolute Gasteiger partial charge is 0.119 e. The molecular weight excluding hydrogens is 468 g/mol. The van der Waals surface area contributed by atoms with Crippen LogP contribution < -0.4 is 4.74 Å². The lowest BCUT2D eigenvalue weighted by Gasteiger charge is -2.35. The SMILES string of the molecule is C=C1CC(Oc2ccc(CN3CCC(CC(=C)C4C=C(CC)C=CC4C(COC)=NC)CC3)cc2)CC1C. The Hall–Kier alpha value is -2.43. The fraction of sp³-hybridized carbons (Fsp3) is 0.559. The van der Waals surface area contributed by atoms with Gasteiger partial charge in [-0.2, -0.15) is 0 Å². The molecule has 2 aliphatic carbocycles. The second-order valence-corrected chi connectivity index (χ2v) is 11.6. The summed E-state index contributed by atoms with van der Waals surface area (Å²) in [6.07, 6.45) is 14.0. The van der Waals surface area contributed by atoms with Crippen molar-refractivity contribution in [1.82, 2.24) is 4.90 Å². The first-order valence-electron chi connectivity index (χ1n) is 14.6. The van der Waals surface area contributed by atoms with Crippen molar-refractivity contribution in [2.24, 2.45) is 28.7 Å². The summed E-state index contributed by atoms with van der Waals surface area (Å²) in [7, 11) is 3.63. The molecule has 4 heteroatoms. The molecule has 1 saturated carbocycles. The lowest BCUT2D eigenvalue weighted by molar-refractivity contribution is 0.175. The van der Waals surface area contributed by atoms with Gasteiger partial charge in [0.1, 0.15) is 11.9 Å². The van der Waals surface area contributed by atoms with E-state index in [-0.39, 0.29) is 12.0 Å². The summed E-state index contributed by atoms with van der Waals surface area (Å²) in [5.41, 5.74) is 6.53. The molecule has 4 atom stereocenters. The summed E-state index contributed by atoms with van der Waals surface area (Å²) >= 11 is 0. The Morgan fingerprint density at radius 1 is 1.13 bits per heavy atom. The van der Waals surface area contributed by atoms with E-state index in [2.05, 4.69) is 79.4 Å². The van der Waals surface area contributed by atoms with Gasteiger partial charge in [0.15, 0.2) is 0 Å². The van der Waals surface area contributed by atoms with Gasteiger partial charge in [-0.3, -0.25) is 9.89 Å². The van der Waals surface area contributed by atoms with Crippen molar-refractivity contribution in [3.05, 3.63) is 77.9 Å². The topological polar surface area (TPSA) is 34.1 Å². The van der Waals surface area contributed by atoms with Crippen LogP contribution in [0.2, 0.25) is 0 Å². The summed E-state index contributed by atoms with van der Waals surface area (Å²) < 4.78 is 11.7. The van der Waals surface area contributed by atoms with Gasteiger partial charge in [-0.05, 0) is 74.7 Å². The van der Waals surface area contributed by atoms with E-state index >= 15 is 0 Å². The number of likely N-dealkylation sites (tertiary alicyclic amines) is 1. The van der Waals surface area contributed by atoms with Gasteiger partial charge in [0.2, 0.25) is 0 Å². The molecule has 2 fully saturated rings. The first kappa shape index (κ1) is 28.6. The summed E-state index contributed by atoms with van der Waals surface area (Å²) in [5, 5.41) is 0. The van der Waals surface area contributed by atoms with Gasteiger partial charge in [0, 0.05) is 44.7 Å². The molecule has 0 aromatic heterocycles. The quantitative estimate of drug-likeness (QED) is 0.226. The lowest BCUT2D eigenvalue weighted by Crippen LogP contribution is -2.34. The van der Waals surface area contributed by atoms with E-state index in [1.807, 2.05) is 7.05 Å². The molecule has 1 aromatic carbocycles. The van der Waals surface area contributed by atoms with Gasteiger partial charge in [-0.15, -0.1) is 0 Å². The number of rotatable bonds is 11. The average molecular weight is 517 g/mol. The van der Waals surface area contributed by atoms with E-state index in [1.165, 1.54) is 35.1 Å². The fourth-order valence-electron chi connectivity index (χ4n) is 6.33. The molecule has 4 unspecified atom stereocenters. The normalized spacial score (nSPS) is 27.0. The standard InChI is InChI=1S/C34H48N2O2/c1-7-27-10-13-32(34(35-5)23-37-6)33(21-27)26(4)18-28-14-16-36(17-15-28)22-29-8-11-30(12-9-29)38-31-19-24(2)25(3)20-31/h8-13,21,25,28,31-33H,2,4,7,14-20,22-23H2,1,3,5-6H3. The van der Waals surface area contributed by atoms with Crippen LogP contribution in [0.3, 0.4) is 0 Å². The minimum atomic E-state index is 0.255. The molecule has 0 bridgehead atoms. The van der Waals surface area contributed by atoms with Crippen molar-refractivity contribution in [3.8, 4) is 5.75 Å². The van der Waals surface area contributed by atoms with Crippen LogP contribution in [0.1, 0.15) is 57.9 Å². The number of ether oxygens (including phenoxy) is 2. The summed E-state index contributed by atoms with van der Waals surface area (Å²) in [4.78, 5) is 7.17. The molecular formula is C34H48N2O2. The van der Waals surface area contributed by atoms with Crippen molar-refractivity contribution in [1.29, 1.82) is 0 Å². The van der Waals surface area contributed by atoms with Crippen LogP contribution in [-0.4, -0.2) is 50.6 Å². The number of piperidine rings is 1. The third kappa shape index (κ3) is 7.36. The van der Waals surface area contributed by atoms with Crippen LogP contribution in [0.25, 0.3) is 0 Å². The number of hydrogen-bond donors (Lipinski definition) is 0. The van der Waals surface area contributed by atoms with Crippen molar-refractivity contribution >= 4 is 5.71 Å². The second kappa shape index (κ2) is 13.6. The number of methoxy groups -OCH3 is 1. The van der Waals surface area contributed by atoms with Gasteiger partial charge in [0.25, 0.3) is 0 Å². The Bertz CT molecular complexity index is 1040. The molecule has 38 heavy (non-hydrogen) atoms. The monoisotopic (exact) mass is 516 g/mol. The largest absolute Gasteiger partial charge is 0.490 e. The Morgan fingerprint density at radius 3 is 2.47 bits per heavy atom. The first-order chi connectivity index (χ1) is 18.4. The predicted octanol–water partition coefficient (Wildman–Crippen LogP) is 7.43. The van der Waals surface area contributed by atoms with E-state index in [9.17, 15) is 0 Å². The summed E-state index contributed by atoms with van der Waals surface area (Å²) in [5.74, 6) is 2.82. The highest BCUT2D eigenvalue weighted by atomic mass is 16.5. The van der Waals surface area contributed by atoms with Gasteiger partial charge >= 0.3 is 0 Å². The van der Waals surface area contributed by atoms with E-state index < -0.39 is 0 Å². The van der Waals surface area contributed by atoms with Crippen LogP contribution in [0.4, 0.5) is 0 Å². The average Bonchev–Trinajstić information content (AvgIpc) is 3.25.